The maximum absolute atomic E-state index is 9.64. The Morgan fingerprint density at radius 1 is 1.53 bits per heavy atom. The third kappa shape index (κ3) is 1.66. The van der Waals surface area contributed by atoms with Crippen LogP contribution in [-0.4, -0.2) is 11.9 Å². The molecular formula is C11H13ClO3. The van der Waals surface area contributed by atoms with E-state index >= 15 is 0 Å². The fourth-order valence-corrected chi connectivity index (χ4v) is 2.18. The van der Waals surface area contributed by atoms with Crippen molar-refractivity contribution in [2.45, 2.75) is 26.4 Å². The highest BCUT2D eigenvalue weighted by molar-refractivity contribution is 6.33. The smallest absolute Gasteiger partial charge is 0.231 e. The molecule has 0 bridgehead atoms. The number of hydrogen-bond acceptors (Lipinski definition) is 3. The van der Waals surface area contributed by atoms with Gasteiger partial charge in [0.2, 0.25) is 6.79 Å². The Labute approximate surface area is 93.6 Å². The zero-order valence-corrected chi connectivity index (χ0v) is 9.47. The number of rotatable bonds is 2. The van der Waals surface area contributed by atoms with Gasteiger partial charge in [0.25, 0.3) is 0 Å². The molecule has 0 fully saturated rings. The molecule has 1 heterocycles. The average molecular weight is 229 g/mol. The first-order chi connectivity index (χ1) is 7.15. The third-order valence-electron chi connectivity index (χ3n) is 2.54. The van der Waals surface area contributed by atoms with Crippen LogP contribution >= 0.6 is 11.6 Å². The van der Waals surface area contributed by atoms with Crippen molar-refractivity contribution in [3.63, 3.8) is 0 Å². The van der Waals surface area contributed by atoms with E-state index in [1.165, 1.54) is 0 Å². The Hall–Kier alpha value is -0.930. The second-order valence-corrected chi connectivity index (χ2v) is 3.90. The van der Waals surface area contributed by atoms with Gasteiger partial charge in [-0.25, -0.2) is 0 Å². The predicted molar refractivity (Wildman–Crippen MR) is 57.6 cm³/mol. The van der Waals surface area contributed by atoms with E-state index in [9.17, 15) is 5.11 Å². The minimum Gasteiger partial charge on any atom is -0.454 e. The van der Waals surface area contributed by atoms with Gasteiger partial charge in [0.15, 0.2) is 11.5 Å². The van der Waals surface area contributed by atoms with E-state index in [2.05, 4.69) is 0 Å². The van der Waals surface area contributed by atoms with Crippen LogP contribution in [0.3, 0.4) is 0 Å². The van der Waals surface area contributed by atoms with Gasteiger partial charge < -0.3 is 14.6 Å². The average Bonchev–Trinajstić information content (AvgIpc) is 2.65. The Morgan fingerprint density at radius 3 is 2.87 bits per heavy atom. The second kappa shape index (κ2) is 3.91. The Kier molecular flexibility index (Phi) is 2.76. The van der Waals surface area contributed by atoms with E-state index in [4.69, 9.17) is 21.1 Å². The molecule has 0 saturated carbocycles. The van der Waals surface area contributed by atoms with Crippen molar-refractivity contribution in [1.29, 1.82) is 0 Å². The molecule has 1 atom stereocenters. The van der Waals surface area contributed by atoms with Gasteiger partial charge in [-0.3, -0.25) is 0 Å². The summed E-state index contributed by atoms with van der Waals surface area (Å²) >= 11 is 6.19. The van der Waals surface area contributed by atoms with Gasteiger partial charge in [-0.15, -0.1) is 0 Å². The molecule has 1 N–H and O–H groups in total. The van der Waals surface area contributed by atoms with E-state index in [1.54, 1.807) is 13.0 Å². The topological polar surface area (TPSA) is 38.7 Å². The number of fused-ring (bicyclic) bond motifs is 1. The highest BCUT2D eigenvalue weighted by atomic mass is 35.5. The molecule has 82 valence electrons. The lowest BCUT2D eigenvalue weighted by Gasteiger charge is -2.14. The monoisotopic (exact) mass is 228 g/mol. The summed E-state index contributed by atoms with van der Waals surface area (Å²) in [6.07, 6.45) is 0.211. The van der Waals surface area contributed by atoms with Crippen molar-refractivity contribution in [2.75, 3.05) is 6.79 Å². The van der Waals surface area contributed by atoms with Gasteiger partial charge >= 0.3 is 0 Å². The summed E-state index contributed by atoms with van der Waals surface area (Å²) < 4.78 is 10.5. The molecule has 1 aliphatic heterocycles. The SMILES string of the molecule is CCc1c(C(C)O)cc2c(c1Cl)OCO2. The van der Waals surface area contributed by atoms with Crippen LogP contribution in [0.1, 0.15) is 31.1 Å². The molecule has 0 radical (unpaired) electrons. The van der Waals surface area contributed by atoms with E-state index in [0.29, 0.717) is 16.5 Å². The van der Waals surface area contributed by atoms with Crippen LogP contribution in [-0.2, 0) is 6.42 Å². The lowest BCUT2D eigenvalue weighted by Crippen LogP contribution is -1.99. The Morgan fingerprint density at radius 2 is 2.27 bits per heavy atom. The highest BCUT2D eigenvalue weighted by Crippen LogP contribution is 2.44. The number of hydrogen-bond donors (Lipinski definition) is 1. The minimum atomic E-state index is -0.549. The van der Waals surface area contributed by atoms with Crippen LogP contribution in [0.2, 0.25) is 5.02 Å². The summed E-state index contributed by atoms with van der Waals surface area (Å²) in [5.41, 5.74) is 1.74. The quantitative estimate of drug-likeness (QED) is 0.846. The lowest BCUT2D eigenvalue weighted by molar-refractivity contribution is 0.173. The van der Waals surface area contributed by atoms with Gasteiger partial charge in [0.05, 0.1) is 11.1 Å². The van der Waals surface area contributed by atoms with Crippen LogP contribution in [0, 0.1) is 0 Å². The number of ether oxygens (including phenoxy) is 2. The number of halogens is 1. The lowest BCUT2D eigenvalue weighted by atomic mass is 10.00. The van der Waals surface area contributed by atoms with Crippen LogP contribution < -0.4 is 9.47 Å². The molecule has 4 heteroatoms. The van der Waals surface area contributed by atoms with Gasteiger partial charge in [-0.2, -0.15) is 0 Å². The largest absolute Gasteiger partial charge is 0.454 e. The molecule has 0 aromatic heterocycles. The molecule has 15 heavy (non-hydrogen) atoms. The normalized spacial score (nSPS) is 15.5. The van der Waals surface area contributed by atoms with Crippen LogP contribution in [0.15, 0.2) is 6.07 Å². The summed E-state index contributed by atoms with van der Waals surface area (Å²) in [5, 5.41) is 10.2. The molecule has 2 rings (SSSR count). The molecule has 1 aromatic carbocycles. The molecule has 0 spiro atoms. The van der Waals surface area contributed by atoms with E-state index in [-0.39, 0.29) is 6.79 Å². The van der Waals surface area contributed by atoms with Crippen molar-refractivity contribution in [2.24, 2.45) is 0 Å². The first-order valence-corrected chi connectivity index (χ1v) is 5.31. The van der Waals surface area contributed by atoms with E-state index < -0.39 is 6.10 Å². The fourth-order valence-electron chi connectivity index (χ4n) is 1.79. The zero-order valence-electron chi connectivity index (χ0n) is 8.71. The van der Waals surface area contributed by atoms with E-state index in [0.717, 1.165) is 17.5 Å². The van der Waals surface area contributed by atoms with Gasteiger partial charge in [-0.05, 0) is 30.5 Å². The van der Waals surface area contributed by atoms with Crippen LogP contribution in [0.5, 0.6) is 11.5 Å². The predicted octanol–water partition coefficient (Wildman–Crippen LogP) is 2.68. The molecule has 0 amide bonds. The molecule has 1 aliphatic rings. The Balaban J connectivity index is 2.61. The summed E-state index contributed by atoms with van der Waals surface area (Å²) in [5.74, 6) is 1.21. The Bertz CT molecular complexity index is 388. The van der Waals surface area contributed by atoms with Gasteiger partial charge in [0, 0.05) is 0 Å². The van der Waals surface area contributed by atoms with Crippen LogP contribution in [0.25, 0.3) is 0 Å². The van der Waals surface area contributed by atoms with Crippen molar-refractivity contribution in [3.8, 4) is 11.5 Å². The maximum atomic E-state index is 9.64. The van der Waals surface area contributed by atoms with Crippen molar-refractivity contribution < 1.29 is 14.6 Å². The number of aliphatic hydroxyl groups is 1. The molecular weight excluding hydrogens is 216 g/mol. The third-order valence-corrected chi connectivity index (χ3v) is 2.94. The molecule has 1 aromatic rings. The van der Waals surface area contributed by atoms with E-state index in [1.807, 2.05) is 6.92 Å². The van der Waals surface area contributed by atoms with Crippen LogP contribution in [0.4, 0.5) is 0 Å². The maximum Gasteiger partial charge on any atom is 0.231 e. The zero-order chi connectivity index (χ0) is 11.0. The number of aliphatic hydroxyl groups excluding tert-OH is 1. The highest BCUT2D eigenvalue weighted by Gasteiger charge is 2.23. The standard InChI is InChI=1S/C11H13ClO3/c1-3-7-8(6(2)13)4-9-11(10(7)12)15-5-14-9/h4,6,13H,3,5H2,1-2H3. The molecule has 0 saturated heterocycles. The first-order valence-electron chi connectivity index (χ1n) is 4.94. The van der Waals surface area contributed by atoms with Crippen molar-refractivity contribution in [3.05, 3.63) is 22.2 Å². The van der Waals surface area contributed by atoms with Gasteiger partial charge in [-0.1, -0.05) is 18.5 Å². The summed E-state index contributed by atoms with van der Waals surface area (Å²) in [6.45, 7) is 3.91. The molecule has 3 nitrogen and oxygen atoms in total. The van der Waals surface area contributed by atoms with Crippen molar-refractivity contribution in [1.82, 2.24) is 0 Å². The van der Waals surface area contributed by atoms with Gasteiger partial charge in [0.1, 0.15) is 0 Å². The minimum absolute atomic E-state index is 0.196. The summed E-state index contributed by atoms with van der Waals surface area (Å²) in [7, 11) is 0. The molecule has 0 aliphatic carbocycles. The number of benzene rings is 1. The summed E-state index contributed by atoms with van der Waals surface area (Å²) in [6, 6.07) is 1.80. The first kappa shape index (κ1) is 10.6. The fraction of sp³-hybridized carbons (Fsp3) is 0.455. The second-order valence-electron chi connectivity index (χ2n) is 3.52. The molecule has 1 unspecified atom stereocenters. The summed E-state index contributed by atoms with van der Waals surface area (Å²) in [4.78, 5) is 0. The van der Waals surface area contributed by atoms with Crippen molar-refractivity contribution >= 4 is 11.6 Å².